The van der Waals surface area contributed by atoms with Crippen LogP contribution in [0.3, 0.4) is 0 Å². The molecule has 0 saturated heterocycles. The molecule has 0 spiro atoms. The minimum atomic E-state index is -0.549. The summed E-state index contributed by atoms with van der Waals surface area (Å²) in [6.45, 7) is 4.18. The lowest BCUT2D eigenvalue weighted by Crippen LogP contribution is -2.49. The lowest BCUT2D eigenvalue weighted by atomic mass is 10.1. The van der Waals surface area contributed by atoms with Crippen molar-refractivity contribution >= 4 is 23.4 Å². The van der Waals surface area contributed by atoms with Gasteiger partial charge in [-0.25, -0.2) is 0 Å². The van der Waals surface area contributed by atoms with Crippen LogP contribution in [0.1, 0.15) is 55.7 Å². The summed E-state index contributed by atoms with van der Waals surface area (Å²) in [5.41, 5.74) is 3.17. The highest BCUT2D eigenvalue weighted by atomic mass is 35.5. The topological polar surface area (TPSA) is 49.4 Å². The minimum absolute atomic E-state index is 0.0374. The van der Waals surface area contributed by atoms with Gasteiger partial charge in [-0.15, -0.1) is 0 Å². The molecule has 3 rings (SSSR count). The Balaban J connectivity index is 1.71. The van der Waals surface area contributed by atoms with Crippen LogP contribution in [0.2, 0.25) is 5.02 Å². The van der Waals surface area contributed by atoms with Crippen molar-refractivity contribution in [2.24, 2.45) is 0 Å². The van der Waals surface area contributed by atoms with Crippen molar-refractivity contribution < 1.29 is 9.59 Å². The highest BCUT2D eigenvalue weighted by Crippen LogP contribution is 2.21. The number of benzene rings is 2. The zero-order valence-electron chi connectivity index (χ0n) is 17.9. The van der Waals surface area contributed by atoms with Crippen LogP contribution in [0.25, 0.3) is 0 Å². The monoisotopic (exact) mass is 426 g/mol. The first-order chi connectivity index (χ1) is 14.4. The van der Waals surface area contributed by atoms with Crippen LogP contribution < -0.4 is 5.32 Å². The average Bonchev–Trinajstić information content (AvgIpc) is 3.25. The van der Waals surface area contributed by atoms with Gasteiger partial charge in [-0.05, 0) is 50.3 Å². The van der Waals surface area contributed by atoms with E-state index in [4.69, 9.17) is 11.6 Å². The van der Waals surface area contributed by atoms with Gasteiger partial charge in [0.25, 0.3) is 0 Å². The van der Waals surface area contributed by atoms with Crippen LogP contribution >= 0.6 is 11.6 Å². The summed E-state index contributed by atoms with van der Waals surface area (Å²) in [6.07, 6.45) is 5.34. The van der Waals surface area contributed by atoms with Crippen molar-refractivity contribution in [3.63, 3.8) is 0 Å². The molecular weight excluding hydrogens is 396 g/mol. The molecule has 1 N–H and O–H groups in total. The van der Waals surface area contributed by atoms with E-state index in [1.54, 1.807) is 4.90 Å². The molecule has 1 aliphatic rings. The molecule has 2 aromatic rings. The second-order valence-corrected chi connectivity index (χ2v) is 8.67. The molecule has 1 saturated carbocycles. The van der Waals surface area contributed by atoms with E-state index in [9.17, 15) is 9.59 Å². The molecular formula is C25H31ClN2O2. The van der Waals surface area contributed by atoms with Gasteiger partial charge in [-0.3, -0.25) is 9.59 Å². The molecule has 2 amide bonds. The summed E-state index contributed by atoms with van der Waals surface area (Å²) in [6, 6.07) is 15.4. The fourth-order valence-electron chi connectivity index (χ4n) is 3.93. The van der Waals surface area contributed by atoms with Crippen LogP contribution in [0.15, 0.2) is 48.5 Å². The number of amides is 2. The van der Waals surface area contributed by atoms with Crippen LogP contribution in [0.5, 0.6) is 0 Å². The van der Waals surface area contributed by atoms with E-state index >= 15 is 0 Å². The van der Waals surface area contributed by atoms with Gasteiger partial charge in [0.1, 0.15) is 6.04 Å². The van der Waals surface area contributed by atoms with Gasteiger partial charge in [-0.1, -0.05) is 72.5 Å². The van der Waals surface area contributed by atoms with Crippen molar-refractivity contribution in [3.05, 3.63) is 70.2 Å². The van der Waals surface area contributed by atoms with Gasteiger partial charge in [0.15, 0.2) is 0 Å². The summed E-state index contributed by atoms with van der Waals surface area (Å²) in [7, 11) is 0. The molecule has 1 aliphatic carbocycles. The first kappa shape index (κ1) is 22.4. The van der Waals surface area contributed by atoms with Gasteiger partial charge < -0.3 is 10.2 Å². The zero-order chi connectivity index (χ0) is 21.5. The van der Waals surface area contributed by atoms with Gasteiger partial charge >= 0.3 is 0 Å². The Morgan fingerprint density at radius 1 is 1.10 bits per heavy atom. The van der Waals surface area contributed by atoms with Crippen molar-refractivity contribution in [1.29, 1.82) is 0 Å². The number of aryl methyl sites for hydroxylation is 2. The summed E-state index contributed by atoms with van der Waals surface area (Å²) in [4.78, 5) is 27.7. The number of nitrogens with zero attached hydrogens (tertiary/aromatic N) is 1. The number of carbonyl (C=O) groups excluding carboxylic acids is 2. The van der Waals surface area contributed by atoms with E-state index in [-0.39, 0.29) is 17.9 Å². The van der Waals surface area contributed by atoms with Crippen LogP contribution in [0.4, 0.5) is 0 Å². The Morgan fingerprint density at radius 3 is 2.43 bits per heavy atom. The third kappa shape index (κ3) is 6.09. The van der Waals surface area contributed by atoms with Crippen LogP contribution in [-0.2, 0) is 22.6 Å². The van der Waals surface area contributed by atoms with E-state index < -0.39 is 6.04 Å². The van der Waals surface area contributed by atoms with Gasteiger partial charge in [0, 0.05) is 24.0 Å². The molecule has 0 heterocycles. The molecule has 0 aliphatic heterocycles. The van der Waals surface area contributed by atoms with Crippen molar-refractivity contribution in [1.82, 2.24) is 10.2 Å². The van der Waals surface area contributed by atoms with Crippen LogP contribution in [0, 0.1) is 6.92 Å². The largest absolute Gasteiger partial charge is 0.352 e. The average molecular weight is 427 g/mol. The number of hydrogen-bond donors (Lipinski definition) is 1. The van der Waals surface area contributed by atoms with E-state index in [0.717, 1.165) is 36.8 Å². The van der Waals surface area contributed by atoms with E-state index in [2.05, 4.69) is 29.6 Å². The first-order valence-electron chi connectivity index (χ1n) is 10.8. The quantitative estimate of drug-likeness (QED) is 0.641. The molecule has 160 valence electrons. The third-order valence-corrected chi connectivity index (χ3v) is 6.28. The van der Waals surface area contributed by atoms with Crippen LogP contribution in [-0.4, -0.2) is 28.8 Å². The maximum atomic E-state index is 13.2. The van der Waals surface area contributed by atoms with Crippen molar-refractivity contribution in [3.8, 4) is 0 Å². The lowest BCUT2D eigenvalue weighted by Gasteiger charge is -2.30. The molecule has 0 bridgehead atoms. The van der Waals surface area contributed by atoms with Crippen molar-refractivity contribution in [2.75, 3.05) is 0 Å². The number of nitrogens with one attached hydrogen (secondary N) is 1. The molecule has 4 nitrogen and oxygen atoms in total. The molecule has 0 unspecified atom stereocenters. The summed E-state index contributed by atoms with van der Waals surface area (Å²) < 4.78 is 0. The molecule has 0 radical (unpaired) electrons. The molecule has 5 heteroatoms. The van der Waals surface area contributed by atoms with E-state index in [1.165, 1.54) is 5.56 Å². The number of rotatable bonds is 8. The number of hydrogen-bond acceptors (Lipinski definition) is 2. The Labute approximate surface area is 184 Å². The zero-order valence-corrected chi connectivity index (χ0v) is 18.6. The summed E-state index contributed by atoms with van der Waals surface area (Å²) in [5.74, 6) is -0.123. The predicted octanol–water partition coefficient (Wildman–Crippen LogP) is 5.06. The number of halogens is 1. The Bertz CT molecular complexity index is 860. The fraction of sp³-hybridized carbons (Fsp3) is 0.440. The Hall–Kier alpha value is -2.33. The maximum Gasteiger partial charge on any atom is 0.242 e. The van der Waals surface area contributed by atoms with Gasteiger partial charge in [-0.2, -0.15) is 0 Å². The van der Waals surface area contributed by atoms with E-state index in [0.29, 0.717) is 24.4 Å². The smallest absolute Gasteiger partial charge is 0.242 e. The lowest BCUT2D eigenvalue weighted by molar-refractivity contribution is -0.140. The van der Waals surface area contributed by atoms with Gasteiger partial charge in [0.05, 0.1) is 0 Å². The highest BCUT2D eigenvalue weighted by molar-refractivity contribution is 6.31. The molecule has 1 fully saturated rings. The maximum absolute atomic E-state index is 13.2. The molecule has 0 aromatic heterocycles. The van der Waals surface area contributed by atoms with Gasteiger partial charge in [0.2, 0.25) is 11.8 Å². The molecule has 30 heavy (non-hydrogen) atoms. The predicted molar refractivity (Wildman–Crippen MR) is 121 cm³/mol. The summed E-state index contributed by atoms with van der Waals surface area (Å²) >= 11 is 6.34. The normalized spacial score (nSPS) is 15.0. The standard InChI is InChI=1S/C25H31ClN2O2/c1-18-11-13-20(14-12-18)15-16-24(29)28(17-21-7-3-6-10-23(21)26)19(2)25(30)27-22-8-4-5-9-22/h3,6-7,10-14,19,22H,4-5,8-9,15-17H2,1-2H3,(H,27,30)/t19-/m0/s1. The second-order valence-electron chi connectivity index (χ2n) is 8.26. The highest BCUT2D eigenvalue weighted by Gasteiger charge is 2.28. The second kappa shape index (κ2) is 10.6. The molecule has 2 aromatic carbocycles. The molecule has 1 atom stereocenters. The number of carbonyl (C=O) groups is 2. The third-order valence-electron chi connectivity index (χ3n) is 5.92. The fourth-order valence-corrected chi connectivity index (χ4v) is 4.13. The first-order valence-corrected chi connectivity index (χ1v) is 11.2. The van der Waals surface area contributed by atoms with E-state index in [1.807, 2.05) is 38.1 Å². The summed E-state index contributed by atoms with van der Waals surface area (Å²) in [5, 5.41) is 3.74. The Morgan fingerprint density at radius 2 is 1.77 bits per heavy atom. The SMILES string of the molecule is Cc1ccc(CCC(=O)N(Cc2ccccc2Cl)[C@@H](C)C(=O)NC2CCCC2)cc1. The van der Waals surface area contributed by atoms with Crippen molar-refractivity contribution in [2.45, 2.75) is 71.0 Å². The minimum Gasteiger partial charge on any atom is -0.352 e. The Kier molecular flexibility index (Phi) is 7.92.